The van der Waals surface area contributed by atoms with Gasteiger partial charge in [-0.25, -0.2) is 4.39 Å². The molecule has 2 N–H and O–H groups in total. The largest absolute Gasteiger partial charge is 0.504 e. The van der Waals surface area contributed by atoms with Gasteiger partial charge in [-0.1, -0.05) is 0 Å². The topological polar surface area (TPSA) is 66.8 Å². The van der Waals surface area contributed by atoms with Crippen LogP contribution in [0.15, 0.2) is 12.1 Å². The lowest BCUT2D eigenvalue weighted by Gasteiger charge is -2.12. The van der Waals surface area contributed by atoms with Gasteiger partial charge in [0.2, 0.25) is 0 Å². The van der Waals surface area contributed by atoms with Crippen LogP contribution in [0, 0.1) is 5.82 Å². The molecule has 1 aromatic rings. The number of phenols is 1. The Morgan fingerprint density at radius 2 is 2.13 bits per heavy atom. The molecule has 4 nitrogen and oxygen atoms in total. The summed E-state index contributed by atoms with van der Waals surface area (Å²) in [6.45, 7) is 1.29. The van der Waals surface area contributed by atoms with E-state index in [0.717, 1.165) is 6.07 Å². The molecule has 15 heavy (non-hydrogen) atoms. The molecule has 0 aliphatic heterocycles. The van der Waals surface area contributed by atoms with Gasteiger partial charge in [0.05, 0.1) is 13.0 Å². The number of phenolic OH excluding ortho intramolecular Hbond substituents is 1. The van der Waals surface area contributed by atoms with Crippen molar-refractivity contribution in [3.05, 3.63) is 23.5 Å². The summed E-state index contributed by atoms with van der Waals surface area (Å²) in [4.78, 5) is 10.7. The van der Waals surface area contributed by atoms with Crippen molar-refractivity contribution in [2.24, 2.45) is 0 Å². The third kappa shape index (κ3) is 2.01. The smallest absolute Gasteiger partial charge is 0.310 e. The Bertz CT molecular complexity index is 389. The number of carbonyl (C=O) groups is 1. The Kier molecular flexibility index (Phi) is 3.14. The van der Waals surface area contributed by atoms with Crippen molar-refractivity contribution in [3.8, 4) is 11.5 Å². The van der Waals surface area contributed by atoms with Crippen LogP contribution in [0.5, 0.6) is 11.5 Å². The molecule has 0 aliphatic carbocycles. The minimum absolute atomic E-state index is 0.0551. The van der Waals surface area contributed by atoms with Crippen LogP contribution in [-0.2, 0) is 4.79 Å². The van der Waals surface area contributed by atoms with Crippen LogP contribution in [0.1, 0.15) is 18.4 Å². The molecular weight excluding hydrogens is 203 g/mol. The predicted molar refractivity (Wildman–Crippen MR) is 50.7 cm³/mol. The van der Waals surface area contributed by atoms with Gasteiger partial charge in [-0.3, -0.25) is 4.79 Å². The molecule has 0 amide bonds. The molecule has 0 radical (unpaired) electrons. The third-order valence-corrected chi connectivity index (χ3v) is 2.15. The second-order valence-corrected chi connectivity index (χ2v) is 3.07. The zero-order chi connectivity index (χ0) is 11.6. The van der Waals surface area contributed by atoms with Crippen LogP contribution in [-0.4, -0.2) is 23.3 Å². The predicted octanol–water partition coefficient (Wildman–Crippen LogP) is 1.73. The summed E-state index contributed by atoms with van der Waals surface area (Å²) in [5.74, 6) is -3.51. The molecule has 0 bridgehead atoms. The maximum atomic E-state index is 13.3. The first-order valence-corrected chi connectivity index (χ1v) is 4.27. The van der Waals surface area contributed by atoms with E-state index in [0.29, 0.717) is 0 Å². The van der Waals surface area contributed by atoms with Gasteiger partial charge in [0.25, 0.3) is 0 Å². The van der Waals surface area contributed by atoms with Crippen LogP contribution in [0.25, 0.3) is 0 Å². The fraction of sp³-hybridized carbons (Fsp3) is 0.300. The van der Waals surface area contributed by atoms with E-state index < -0.39 is 23.5 Å². The monoisotopic (exact) mass is 214 g/mol. The Balaban J connectivity index is 3.32. The molecule has 1 unspecified atom stereocenters. The summed E-state index contributed by atoms with van der Waals surface area (Å²) in [6.07, 6.45) is 0. The van der Waals surface area contributed by atoms with Crippen LogP contribution in [0.4, 0.5) is 4.39 Å². The van der Waals surface area contributed by atoms with Gasteiger partial charge in [-0.05, 0) is 19.1 Å². The summed E-state index contributed by atoms with van der Waals surface area (Å²) < 4.78 is 18.1. The lowest BCUT2D eigenvalue weighted by molar-refractivity contribution is -0.138. The second kappa shape index (κ2) is 4.16. The van der Waals surface area contributed by atoms with E-state index in [1.165, 1.54) is 20.1 Å². The van der Waals surface area contributed by atoms with Gasteiger partial charge >= 0.3 is 5.97 Å². The van der Waals surface area contributed by atoms with Gasteiger partial charge in [-0.15, -0.1) is 0 Å². The number of ether oxygens (including phenoxy) is 1. The van der Waals surface area contributed by atoms with Gasteiger partial charge in [-0.2, -0.15) is 0 Å². The van der Waals surface area contributed by atoms with E-state index in [4.69, 9.17) is 9.84 Å². The number of carboxylic acid groups (broad SMARTS) is 1. The molecule has 1 rings (SSSR count). The first-order chi connectivity index (χ1) is 6.99. The number of aliphatic carboxylic acids is 1. The summed E-state index contributed by atoms with van der Waals surface area (Å²) in [5.41, 5.74) is -0.262. The standard InChI is InChI=1S/C10H11FO4/c1-5(10(13)14)8-6(11)3-4-7(15-2)9(8)12/h3-5,12H,1-2H3,(H,13,14). The van der Waals surface area contributed by atoms with Gasteiger partial charge in [0, 0.05) is 5.56 Å². The first kappa shape index (κ1) is 11.3. The highest BCUT2D eigenvalue weighted by molar-refractivity contribution is 5.77. The van der Waals surface area contributed by atoms with Crippen molar-refractivity contribution in [1.29, 1.82) is 0 Å². The summed E-state index contributed by atoms with van der Waals surface area (Å²) in [7, 11) is 1.31. The van der Waals surface area contributed by atoms with E-state index in [1.807, 2.05) is 0 Å². The molecule has 0 aromatic heterocycles. The number of rotatable bonds is 3. The highest BCUT2D eigenvalue weighted by Crippen LogP contribution is 2.36. The Hall–Kier alpha value is -1.78. The van der Waals surface area contributed by atoms with Gasteiger partial charge in [0.1, 0.15) is 5.82 Å². The number of hydrogen-bond donors (Lipinski definition) is 2. The average molecular weight is 214 g/mol. The highest BCUT2D eigenvalue weighted by atomic mass is 19.1. The quantitative estimate of drug-likeness (QED) is 0.804. The molecule has 0 saturated heterocycles. The van der Waals surface area contributed by atoms with Crippen LogP contribution >= 0.6 is 0 Å². The molecule has 0 saturated carbocycles. The lowest BCUT2D eigenvalue weighted by atomic mass is 9.99. The number of aromatic hydroxyl groups is 1. The van der Waals surface area contributed by atoms with Gasteiger partial charge < -0.3 is 14.9 Å². The minimum Gasteiger partial charge on any atom is -0.504 e. The SMILES string of the molecule is COc1ccc(F)c(C(C)C(=O)O)c1O. The molecule has 0 aliphatic rings. The van der Waals surface area contributed by atoms with E-state index >= 15 is 0 Å². The molecule has 82 valence electrons. The Morgan fingerprint density at radius 1 is 1.53 bits per heavy atom. The molecule has 0 spiro atoms. The molecule has 0 heterocycles. The number of carboxylic acids is 1. The summed E-state index contributed by atoms with van der Waals surface area (Å²) in [5, 5.41) is 18.3. The number of hydrogen-bond acceptors (Lipinski definition) is 3. The molecule has 0 fully saturated rings. The number of halogens is 1. The minimum atomic E-state index is -1.21. The normalized spacial score (nSPS) is 12.2. The fourth-order valence-corrected chi connectivity index (χ4v) is 1.26. The van der Waals surface area contributed by atoms with Crippen molar-refractivity contribution in [1.82, 2.24) is 0 Å². The summed E-state index contributed by atoms with van der Waals surface area (Å²) >= 11 is 0. The highest BCUT2D eigenvalue weighted by Gasteiger charge is 2.24. The molecule has 5 heteroatoms. The van der Waals surface area contributed by atoms with Crippen LogP contribution in [0.2, 0.25) is 0 Å². The van der Waals surface area contributed by atoms with E-state index in [2.05, 4.69) is 0 Å². The summed E-state index contributed by atoms with van der Waals surface area (Å²) in [6, 6.07) is 2.30. The second-order valence-electron chi connectivity index (χ2n) is 3.07. The van der Waals surface area contributed by atoms with Crippen LogP contribution < -0.4 is 4.74 Å². The van der Waals surface area contributed by atoms with E-state index in [9.17, 15) is 14.3 Å². The fourth-order valence-electron chi connectivity index (χ4n) is 1.26. The van der Waals surface area contributed by atoms with Crippen molar-refractivity contribution < 1.29 is 24.1 Å². The zero-order valence-electron chi connectivity index (χ0n) is 8.32. The van der Waals surface area contributed by atoms with Gasteiger partial charge in [0.15, 0.2) is 11.5 Å². The van der Waals surface area contributed by atoms with Crippen molar-refractivity contribution in [2.45, 2.75) is 12.8 Å². The number of methoxy groups -OCH3 is 1. The maximum Gasteiger partial charge on any atom is 0.310 e. The van der Waals surface area contributed by atoms with Crippen molar-refractivity contribution in [3.63, 3.8) is 0 Å². The van der Waals surface area contributed by atoms with Crippen LogP contribution in [0.3, 0.4) is 0 Å². The Labute approximate surface area is 85.9 Å². The molecular formula is C10H11FO4. The zero-order valence-corrected chi connectivity index (χ0v) is 8.32. The molecule has 1 aromatic carbocycles. The third-order valence-electron chi connectivity index (χ3n) is 2.15. The molecule has 1 atom stereocenters. The first-order valence-electron chi connectivity index (χ1n) is 4.27. The van der Waals surface area contributed by atoms with Crippen molar-refractivity contribution >= 4 is 5.97 Å². The Morgan fingerprint density at radius 3 is 2.60 bits per heavy atom. The average Bonchev–Trinajstić information content (AvgIpc) is 2.17. The maximum absolute atomic E-state index is 13.3. The van der Waals surface area contributed by atoms with E-state index in [1.54, 1.807) is 0 Å². The lowest BCUT2D eigenvalue weighted by Crippen LogP contribution is -2.10. The number of benzene rings is 1. The van der Waals surface area contributed by atoms with Crippen molar-refractivity contribution in [2.75, 3.05) is 7.11 Å². The van der Waals surface area contributed by atoms with E-state index in [-0.39, 0.29) is 11.3 Å².